The highest BCUT2D eigenvalue weighted by atomic mass is 32.2. The summed E-state index contributed by atoms with van der Waals surface area (Å²) >= 11 is 1.77. The molecule has 0 spiro atoms. The van der Waals surface area contributed by atoms with E-state index in [-0.39, 0.29) is 0 Å². The average Bonchev–Trinajstić information content (AvgIpc) is 2.63. The van der Waals surface area contributed by atoms with Gasteiger partial charge < -0.3 is 9.84 Å². The van der Waals surface area contributed by atoms with E-state index in [4.69, 9.17) is 4.52 Å². The van der Waals surface area contributed by atoms with E-state index in [0.29, 0.717) is 6.54 Å². The van der Waals surface area contributed by atoms with Gasteiger partial charge in [0, 0.05) is 18.4 Å². The fourth-order valence-electron chi connectivity index (χ4n) is 1.23. The van der Waals surface area contributed by atoms with E-state index in [0.717, 1.165) is 28.9 Å². The van der Waals surface area contributed by atoms with Gasteiger partial charge in [-0.05, 0) is 13.3 Å². The topological polar surface area (TPSA) is 50.4 Å². The molecule has 0 saturated heterocycles. The first kappa shape index (κ1) is 9.58. The zero-order chi connectivity index (χ0) is 9.80. The summed E-state index contributed by atoms with van der Waals surface area (Å²) in [6.45, 7) is 3.53. The highest BCUT2D eigenvalue weighted by molar-refractivity contribution is 8.13. The van der Waals surface area contributed by atoms with Crippen LogP contribution in [0.4, 0.5) is 0 Å². The van der Waals surface area contributed by atoms with E-state index in [9.17, 15) is 0 Å². The SMILES string of the molecule is Cc1cc(CNC2=NCCCS2)no1. The van der Waals surface area contributed by atoms with E-state index in [2.05, 4.69) is 15.5 Å². The fourth-order valence-corrected chi connectivity index (χ4v) is 2.06. The summed E-state index contributed by atoms with van der Waals surface area (Å²) in [4.78, 5) is 4.36. The van der Waals surface area contributed by atoms with Crippen molar-refractivity contribution in [3.8, 4) is 0 Å². The van der Waals surface area contributed by atoms with E-state index in [1.807, 2.05) is 13.0 Å². The van der Waals surface area contributed by atoms with E-state index in [1.165, 1.54) is 6.42 Å². The van der Waals surface area contributed by atoms with Crippen molar-refractivity contribution in [3.05, 3.63) is 17.5 Å². The Bertz CT molecular complexity index is 335. The summed E-state index contributed by atoms with van der Waals surface area (Å²) in [7, 11) is 0. The van der Waals surface area contributed by atoms with Gasteiger partial charge in [0.15, 0.2) is 5.17 Å². The van der Waals surface area contributed by atoms with Crippen LogP contribution < -0.4 is 5.32 Å². The van der Waals surface area contributed by atoms with Gasteiger partial charge in [-0.25, -0.2) is 0 Å². The van der Waals surface area contributed by atoms with Crippen molar-refractivity contribution in [1.29, 1.82) is 0 Å². The Morgan fingerprint density at radius 3 is 3.21 bits per heavy atom. The smallest absolute Gasteiger partial charge is 0.156 e. The molecule has 1 aliphatic heterocycles. The molecule has 0 aromatic carbocycles. The van der Waals surface area contributed by atoms with Gasteiger partial charge in [0.1, 0.15) is 11.5 Å². The molecule has 76 valence electrons. The van der Waals surface area contributed by atoms with Crippen LogP contribution in [0, 0.1) is 6.92 Å². The summed E-state index contributed by atoms with van der Waals surface area (Å²) in [5.41, 5.74) is 0.927. The van der Waals surface area contributed by atoms with E-state index < -0.39 is 0 Å². The van der Waals surface area contributed by atoms with Crippen LogP contribution in [0.3, 0.4) is 0 Å². The Hall–Kier alpha value is -0.970. The molecule has 0 atom stereocenters. The third-order valence-electron chi connectivity index (χ3n) is 1.89. The normalized spacial score (nSPS) is 16.5. The lowest BCUT2D eigenvalue weighted by Gasteiger charge is -2.11. The van der Waals surface area contributed by atoms with E-state index in [1.54, 1.807) is 11.8 Å². The first-order valence-corrected chi connectivity index (χ1v) is 5.66. The van der Waals surface area contributed by atoms with Crippen molar-refractivity contribution in [2.75, 3.05) is 12.3 Å². The van der Waals surface area contributed by atoms with Crippen molar-refractivity contribution in [3.63, 3.8) is 0 Å². The van der Waals surface area contributed by atoms with Crippen LogP contribution in [0.2, 0.25) is 0 Å². The van der Waals surface area contributed by atoms with Crippen LogP contribution in [-0.2, 0) is 6.54 Å². The minimum Gasteiger partial charge on any atom is -0.361 e. The molecule has 0 aliphatic carbocycles. The number of hydrogen-bond acceptors (Lipinski definition) is 5. The maximum Gasteiger partial charge on any atom is 0.156 e. The van der Waals surface area contributed by atoms with Crippen LogP contribution >= 0.6 is 11.8 Å². The molecule has 1 N–H and O–H groups in total. The predicted molar refractivity (Wildman–Crippen MR) is 57.5 cm³/mol. The lowest BCUT2D eigenvalue weighted by atomic mass is 10.4. The number of thioether (sulfide) groups is 1. The highest BCUT2D eigenvalue weighted by Crippen LogP contribution is 2.10. The third-order valence-corrected chi connectivity index (χ3v) is 2.93. The summed E-state index contributed by atoms with van der Waals surface area (Å²) < 4.78 is 4.97. The van der Waals surface area contributed by atoms with Crippen LogP contribution in [-0.4, -0.2) is 22.6 Å². The molecule has 0 bridgehead atoms. The molecule has 0 radical (unpaired) electrons. The second-order valence-corrected chi connectivity index (χ2v) is 4.25. The number of nitrogens with zero attached hydrogens (tertiary/aromatic N) is 2. The molecule has 0 fully saturated rings. The largest absolute Gasteiger partial charge is 0.361 e. The molecular formula is C9H13N3OS. The Morgan fingerprint density at radius 1 is 1.64 bits per heavy atom. The van der Waals surface area contributed by atoms with Gasteiger partial charge in [-0.2, -0.15) is 0 Å². The van der Waals surface area contributed by atoms with Gasteiger partial charge in [-0.15, -0.1) is 0 Å². The number of aliphatic imine (C=N–C) groups is 1. The third kappa shape index (κ3) is 2.51. The van der Waals surface area contributed by atoms with Gasteiger partial charge in [0.05, 0.1) is 6.54 Å². The standard InChI is InChI=1S/C9H13N3OS/c1-7-5-8(12-13-7)6-11-9-10-3-2-4-14-9/h5H,2-4,6H2,1H3,(H,10,11). The van der Waals surface area contributed by atoms with Crippen LogP contribution in [0.5, 0.6) is 0 Å². The fraction of sp³-hybridized carbons (Fsp3) is 0.556. The van der Waals surface area contributed by atoms with Gasteiger partial charge in [-0.1, -0.05) is 16.9 Å². The Labute approximate surface area is 87.1 Å². The Morgan fingerprint density at radius 2 is 2.57 bits per heavy atom. The van der Waals surface area contributed by atoms with Crippen molar-refractivity contribution in [2.45, 2.75) is 19.9 Å². The number of rotatable bonds is 2. The number of nitrogens with one attached hydrogen (secondary N) is 1. The molecule has 0 unspecified atom stereocenters. The molecule has 0 saturated carbocycles. The van der Waals surface area contributed by atoms with Crippen molar-refractivity contribution in [1.82, 2.24) is 10.5 Å². The number of hydrogen-bond donors (Lipinski definition) is 1. The van der Waals surface area contributed by atoms with Crippen molar-refractivity contribution >= 4 is 16.9 Å². The average molecular weight is 211 g/mol. The summed E-state index contributed by atoms with van der Waals surface area (Å²) in [6, 6.07) is 1.93. The number of aromatic nitrogens is 1. The quantitative estimate of drug-likeness (QED) is 0.806. The molecule has 2 rings (SSSR count). The minimum atomic E-state index is 0.698. The van der Waals surface area contributed by atoms with Gasteiger partial charge in [0.2, 0.25) is 0 Å². The summed E-state index contributed by atoms with van der Waals surface area (Å²) in [5, 5.41) is 8.16. The number of aryl methyl sites for hydroxylation is 1. The zero-order valence-corrected chi connectivity index (χ0v) is 8.93. The molecule has 1 aromatic heterocycles. The zero-order valence-electron chi connectivity index (χ0n) is 8.12. The molecule has 2 heterocycles. The summed E-state index contributed by atoms with van der Waals surface area (Å²) in [6.07, 6.45) is 1.18. The second kappa shape index (κ2) is 4.50. The van der Waals surface area contributed by atoms with Crippen molar-refractivity contribution < 1.29 is 4.52 Å². The maximum absolute atomic E-state index is 4.97. The van der Waals surface area contributed by atoms with Crippen LogP contribution in [0.25, 0.3) is 0 Å². The molecule has 4 nitrogen and oxygen atoms in total. The lowest BCUT2D eigenvalue weighted by Crippen LogP contribution is -2.23. The first-order valence-electron chi connectivity index (χ1n) is 4.68. The van der Waals surface area contributed by atoms with Gasteiger partial charge in [-0.3, -0.25) is 4.99 Å². The Balaban J connectivity index is 1.84. The van der Waals surface area contributed by atoms with Gasteiger partial charge in [0.25, 0.3) is 0 Å². The highest BCUT2D eigenvalue weighted by Gasteiger charge is 2.06. The Kier molecular flexibility index (Phi) is 3.08. The monoisotopic (exact) mass is 211 g/mol. The molecular weight excluding hydrogens is 198 g/mol. The number of amidine groups is 1. The van der Waals surface area contributed by atoms with Crippen LogP contribution in [0.15, 0.2) is 15.6 Å². The molecule has 5 heteroatoms. The molecule has 1 aliphatic rings. The van der Waals surface area contributed by atoms with Gasteiger partial charge >= 0.3 is 0 Å². The van der Waals surface area contributed by atoms with Crippen LogP contribution in [0.1, 0.15) is 17.9 Å². The second-order valence-electron chi connectivity index (χ2n) is 3.17. The molecule has 0 amide bonds. The lowest BCUT2D eigenvalue weighted by molar-refractivity contribution is 0.390. The molecule has 14 heavy (non-hydrogen) atoms. The predicted octanol–water partition coefficient (Wildman–Crippen LogP) is 1.57. The summed E-state index contributed by atoms with van der Waals surface area (Å²) in [5.74, 6) is 2.00. The first-order chi connectivity index (χ1) is 6.84. The van der Waals surface area contributed by atoms with Crippen molar-refractivity contribution in [2.24, 2.45) is 4.99 Å². The van der Waals surface area contributed by atoms with E-state index >= 15 is 0 Å². The molecule has 1 aromatic rings. The minimum absolute atomic E-state index is 0.698. The maximum atomic E-state index is 4.97.